The molecule has 9 nitrogen and oxygen atoms in total. The number of methoxy groups -OCH3 is 1. The molecule has 0 unspecified atom stereocenters. The van der Waals surface area contributed by atoms with Gasteiger partial charge in [-0.25, -0.2) is 4.98 Å². The zero-order valence-electron chi connectivity index (χ0n) is 22.0. The number of aromatic nitrogens is 5. The Balaban J connectivity index is 1.56. The van der Waals surface area contributed by atoms with E-state index in [4.69, 9.17) is 14.5 Å². The number of ether oxygens (including phenoxy) is 2. The zero-order chi connectivity index (χ0) is 25.9. The minimum Gasteiger partial charge on any atom is -0.496 e. The lowest BCUT2D eigenvalue weighted by molar-refractivity contribution is -0.0373. The summed E-state index contributed by atoms with van der Waals surface area (Å²) in [6, 6.07) is 8.25. The minimum atomic E-state index is -0.398. The Kier molecular flexibility index (Phi) is 5.49. The molecule has 192 valence electrons. The van der Waals surface area contributed by atoms with Gasteiger partial charge >= 0.3 is 0 Å². The molecule has 0 bridgehead atoms. The predicted octanol–water partition coefficient (Wildman–Crippen LogP) is 3.64. The van der Waals surface area contributed by atoms with Gasteiger partial charge in [0.1, 0.15) is 11.6 Å². The average molecular weight is 501 g/mol. The number of imidazole rings is 1. The van der Waals surface area contributed by atoms with E-state index in [2.05, 4.69) is 21.8 Å². The Bertz CT molecular complexity index is 1510. The standard InChI is InChI=1S/C28H32N6O3/c1-28(2)17-37-13-12-33(28)27(35)25-22-7-6-18-14-24(36-5)20(21-9-11-32(4)30-21)15-23(18)34(22)26(29-25)19-8-10-31(3)16-19/h8-11,14-16H,6-7,12-13,17H2,1-5H3. The summed E-state index contributed by atoms with van der Waals surface area (Å²) in [5.74, 6) is 1.51. The highest BCUT2D eigenvalue weighted by atomic mass is 16.5. The van der Waals surface area contributed by atoms with Crippen molar-refractivity contribution in [3.8, 4) is 34.1 Å². The molecular formula is C28H32N6O3. The van der Waals surface area contributed by atoms with Crippen molar-refractivity contribution in [3.05, 3.63) is 59.8 Å². The van der Waals surface area contributed by atoms with Gasteiger partial charge in [0, 0.05) is 50.4 Å². The number of hydrogen-bond donors (Lipinski definition) is 0. The van der Waals surface area contributed by atoms with E-state index in [0.717, 1.165) is 51.8 Å². The van der Waals surface area contributed by atoms with Crippen LogP contribution >= 0.6 is 0 Å². The van der Waals surface area contributed by atoms with Gasteiger partial charge in [-0.2, -0.15) is 5.10 Å². The number of benzene rings is 1. The number of morpholine rings is 1. The van der Waals surface area contributed by atoms with Crippen molar-refractivity contribution in [2.24, 2.45) is 14.1 Å². The van der Waals surface area contributed by atoms with Crippen LogP contribution in [0.4, 0.5) is 0 Å². The first-order valence-electron chi connectivity index (χ1n) is 12.6. The van der Waals surface area contributed by atoms with Crippen LogP contribution in [0.1, 0.15) is 35.6 Å². The Hall–Kier alpha value is -3.85. The largest absolute Gasteiger partial charge is 0.496 e. The topological polar surface area (TPSA) is 79.3 Å². The fourth-order valence-corrected chi connectivity index (χ4v) is 5.51. The fourth-order valence-electron chi connectivity index (χ4n) is 5.51. The van der Waals surface area contributed by atoms with Crippen molar-refractivity contribution in [1.29, 1.82) is 0 Å². The molecule has 2 aliphatic rings. The van der Waals surface area contributed by atoms with Crippen molar-refractivity contribution in [2.75, 3.05) is 26.9 Å². The number of carbonyl (C=O) groups excluding carboxylic acids is 1. The highest BCUT2D eigenvalue weighted by molar-refractivity contribution is 5.95. The number of nitrogens with zero attached hydrogens (tertiary/aromatic N) is 6. The van der Waals surface area contributed by atoms with Gasteiger partial charge in [-0.05, 0) is 56.5 Å². The van der Waals surface area contributed by atoms with Crippen LogP contribution in [-0.2, 0) is 31.7 Å². The van der Waals surface area contributed by atoms with E-state index >= 15 is 0 Å². The maximum atomic E-state index is 14.0. The highest BCUT2D eigenvalue weighted by Gasteiger charge is 2.38. The van der Waals surface area contributed by atoms with Crippen LogP contribution in [0.15, 0.2) is 42.9 Å². The molecule has 3 aromatic heterocycles. The summed E-state index contributed by atoms with van der Waals surface area (Å²) in [6.45, 7) is 5.69. The molecule has 0 radical (unpaired) electrons. The van der Waals surface area contributed by atoms with Gasteiger partial charge in [-0.3, -0.25) is 14.0 Å². The van der Waals surface area contributed by atoms with Crippen molar-refractivity contribution >= 4 is 5.91 Å². The molecule has 0 saturated carbocycles. The molecule has 1 saturated heterocycles. The Morgan fingerprint density at radius 2 is 1.97 bits per heavy atom. The lowest BCUT2D eigenvalue weighted by Gasteiger charge is -2.41. The molecule has 0 spiro atoms. The van der Waals surface area contributed by atoms with Gasteiger partial charge < -0.3 is 18.9 Å². The molecule has 9 heteroatoms. The molecule has 0 atom stereocenters. The molecule has 5 heterocycles. The number of rotatable bonds is 4. The summed E-state index contributed by atoms with van der Waals surface area (Å²) in [5, 5.41) is 4.62. The summed E-state index contributed by atoms with van der Waals surface area (Å²) < 4.78 is 17.4. The van der Waals surface area contributed by atoms with Gasteiger partial charge in [0.15, 0.2) is 5.69 Å². The van der Waals surface area contributed by atoms with Crippen LogP contribution in [0.2, 0.25) is 0 Å². The van der Waals surface area contributed by atoms with Crippen LogP contribution in [0, 0.1) is 0 Å². The first-order valence-corrected chi connectivity index (χ1v) is 12.6. The van der Waals surface area contributed by atoms with Crippen LogP contribution in [0.5, 0.6) is 5.75 Å². The molecule has 6 rings (SSSR count). The summed E-state index contributed by atoms with van der Waals surface area (Å²) in [4.78, 5) is 20.9. The van der Waals surface area contributed by atoms with E-state index < -0.39 is 5.54 Å². The molecule has 1 aromatic carbocycles. The maximum Gasteiger partial charge on any atom is 0.274 e. The van der Waals surface area contributed by atoms with Crippen molar-refractivity contribution in [1.82, 2.24) is 28.8 Å². The van der Waals surface area contributed by atoms with Crippen LogP contribution in [-0.4, -0.2) is 67.1 Å². The monoisotopic (exact) mass is 500 g/mol. The molecule has 0 aliphatic carbocycles. The van der Waals surface area contributed by atoms with Gasteiger partial charge in [0.2, 0.25) is 0 Å². The second-order valence-electron chi connectivity index (χ2n) is 10.5. The van der Waals surface area contributed by atoms with E-state index in [1.165, 1.54) is 0 Å². The first kappa shape index (κ1) is 23.5. The highest BCUT2D eigenvalue weighted by Crippen LogP contribution is 2.40. The normalized spacial score (nSPS) is 16.4. The number of carbonyl (C=O) groups is 1. The molecule has 1 amide bonds. The maximum absolute atomic E-state index is 14.0. The molecule has 37 heavy (non-hydrogen) atoms. The summed E-state index contributed by atoms with van der Waals surface area (Å²) >= 11 is 0. The number of hydrogen-bond acceptors (Lipinski definition) is 5. The van der Waals surface area contributed by atoms with Crippen LogP contribution < -0.4 is 4.74 Å². The number of aryl methyl sites for hydroxylation is 3. The minimum absolute atomic E-state index is 0.0406. The molecular weight excluding hydrogens is 468 g/mol. The lowest BCUT2D eigenvalue weighted by Crippen LogP contribution is -2.55. The van der Waals surface area contributed by atoms with Crippen molar-refractivity contribution in [3.63, 3.8) is 0 Å². The van der Waals surface area contributed by atoms with Crippen molar-refractivity contribution in [2.45, 2.75) is 32.2 Å². The van der Waals surface area contributed by atoms with E-state index in [1.807, 2.05) is 68.1 Å². The predicted molar refractivity (Wildman–Crippen MR) is 140 cm³/mol. The smallest absolute Gasteiger partial charge is 0.274 e. The van der Waals surface area contributed by atoms with Gasteiger partial charge in [0.05, 0.1) is 42.9 Å². The van der Waals surface area contributed by atoms with E-state index in [9.17, 15) is 4.79 Å². The fraction of sp³-hybridized carbons (Fsp3) is 0.393. The van der Waals surface area contributed by atoms with Crippen LogP contribution in [0.25, 0.3) is 28.3 Å². The summed E-state index contributed by atoms with van der Waals surface area (Å²) in [7, 11) is 5.58. The molecule has 0 N–H and O–H groups in total. The quantitative estimate of drug-likeness (QED) is 0.428. The lowest BCUT2D eigenvalue weighted by atomic mass is 9.96. The van der Waals surface area contributed by atoms with Gasteiger partial charge in [-0.15, -0.1) is 0 Å². The average Bonchev–Trinajstić information content (AvgIpc) is 3.60. The third-order valence-electron chi connectivity index (χ3n) is 7.42. The van der Waals surface area contributed by atoms with Crippen molar-refractivity contribution < 1.29 is 14.3 Å². The SMILES string of the molecule is COc1cc2c(cc1-c1ccn(C)n1)-n1c(-c3ccn(C)c3)nc(C(=O)N3CCOCC3(C)C)c1CC2. The second kappa shape index (κ2) is 8.62. The molecule has 4 aromatic rings. The van der Waals surface area contributed by atoms with E-state index in [-0.39, 0.29) is 5.91 Å². The van der Waals surface area contributed by atoms with Crippen LogP contribution in [0.3, 0.4) is 0 Å². The Morgan fingerprint density at radius 3 is 2.65 bits per heavy atom. The zero-order valence-corrected chi connectivity index (χ0v) is 22.0. The second-order valence-corrected chi connectivity index (χ2v) is 10.5. The van der Waals surface area contributed by atoms with E-state index in [1.54, 1.807) is 11.8 Å². The van der Waals surface area contributed by atoms with Gasteiger partial charge in [-0.1, -0.05) is 0 Å². The third kappa shape index (κ3) is 3.85. The van der Waals surface area contributed by atoms with E-state index in [0.29, 0.717) is 31.9 Å². The first-order chi connectivity index (χ1) is 17.8. The molecule has 2 aliphatic heterocycles. The summed E-state index contributed by atoms with van der Waals surface area (Å²) in [5.41, 5.74) is 5.94. The van der Waals surface area contributed by atoms with Gasteiger partial charge in [0.25, 0.3) is 5.91 Å². The third-order valence-corrected chi connectivity index (χ3v) is 7.42. The summed E-state index contributed by atoms with van der Waals surface area (Å²) in [6.07, 6.45) is 7.47. The number of fused-ring (bicyclic) bond motifs is 3. The Morgan fingerprint density at radius 1 is 1.14 bits per heavy atom. The Labute approximate surface area is 216 Å². The molecule has 1 fully saturated rings. The number of amides is 1.